The van der Waals surface area contributed by atoms with Gasteiger partial charge in [-0.25, -0.2) is 0 Å². The topological polar surface area (TPSA) is 65.6 Å². The van der Waals surface area contributed by atoms with Gasteiger partial charge in [-0.05, 0) is 73.1 Å². The van der Waals surface area contributed by atoms with Crippen LogP contribution in [0.15, 0.2) is 53.3 Å². The highest BCUT2D eigenvalue weighted by Gasteiger charge is 2.21. The fraction of sp³-hybridized carbons (Fsp3) is 0.318. The molecule has 140 valence electrons. The molecule has 0 saturated carbocycles. The van der Waals surface area contributed by atoms with Crippen LogP contribution in [0.2, 0.25) is 0 Å². The van der Waals surface area contributed by atoms with Gasteiger partial charge >= 0.3 is 0 Å². The minimum Gasteiger partial charge on any atom is -0.508 e. The first-order valence-corrected chi connectivity index (χ1v) is 9.33. The number of likely N-dealkylation sites (tertiary alicyclic amines) is 1. The Labute approximate surface area is 158 Å². The molecule has 0 spiro atoms. The summed E-state index contributed by atoms with van der Waals surface area (Å²) in [6.07, 6.45) is 2.07. The second kappa shape index (κ2) is 7.45. The Bertz CT molecular complexity index is 1000. The highest BCUT2D eigenvalue weighted by Crippen LogP contribution is 2.30. The van der Waals surface area contributed by atoms with Crippen LogP contribution in [0.25, 0.3) is 10.9 Å². The van der Waals surface area contributed by atoms with Crippen LogP contribution in [0, 0.1) is 0 Å². The molecule has 3 aromatic rings. The second-order valence-corrected chi connectivity index (χ2v) is 7.22. The summed E-state index contributed by atoms with van der Waals surface area (Å²) in [4.78, 5) is 17.8. The van der Waals surface area contributed by atoms with Gasteiger partial charge in [0.05, 0.1) is 12.6 Å². The van der Waals surface area contributed by atoms with Crippen molar-refractivity contribution in [2.24, 2.45) is 0 Å². The first kappa shape index (κ1) is 17.6. The molecule has 0 bridgehead atoms. The molecule has 0 atom stereocenters. The Morgan fingerprint density at radius 3 is 2.70 bits per heavy atom. The third kappa shape index (κ3) is 3.83. The van der Waals surface area contributed by atoms with E-state index >= 15 is 0 Å². The van der Waals surface area contributed by atoms with Gasteiger partial charge in [0, 0.05) is 18.2 Å². The van der Waals surface area contributed by atoms with Crippen molar-refractivity contribution in [1.29, 1.82) is 0 Å². The number of fused-ring (bicyclic) bond motifs is 1. The summed E-state index contributed by atoms with van der Waals surface area (Å²) >= 11 is 0. The molecule has 1 aliphatic heterocycles. The Hall–Kier alpha value is -2.79. The molecule has 2 N–H and O–H groups in total. The van der Waals surface area contributed by atoms with Gasteiger partial charge in [-0.15, -0.1) is 0 Å². The molecule has 2 aromatic carbocycles. The van der Waals surface area contributed by atoms with E-state index in [-0.39, 0.29) is 5.56 Å². The van der Waals surface area contributed by atoms with E-state index in [0.29, 0.717) is 18.2 Å². The van der Waals surface area contributed by atoms with Crippen LogP contribution in [-0.2, 0) is 6.54 Å². The molecule has 1 aliphatic rings. The van der Waals surface area contributed by atoms with E-state index in [4.69, 9.17) is 4.74 Å². The van der Waals surface area contributed by atoms with Crippen molar-refractivity contribution in [3.8, 4) is 11.5 Å². The van der Waals surface area contributed by atoms with Crippen molar-refractivity contribution in [2.45, 2.75) is 25.3 Å². The summed E-state index contributed by atoms with van der Waals surface area (Å²) in [5, 5.41) is 10.7. The van der Waals surface area contributed by atoms with E-state index in [1.165, 1.54) is 5.56 Å². The zero-order chi connectivity index (χ0) is 18.8. The molecule has 0 amide bonds. The number of nitrogens with zero attached hydrogens (tertiary/aromatic N) is 1. The number of methoxy groups -OCH3 is 1. The third-order valence-corrected chi connectivity index (χ3v) is 5.45. The molecular formula is C22H24N2O3. The number of aromatic hydroxyl groups is 1. The van der Waals surface area contributed by atoms with Crippen LogP contribution in [0.4, 0.5) is 0 Å². The maximum atomic E-state index is 12.5. The molecule has 1 aromatic heterocycles. The predicted molar refractivity (Wildman–Crippen MR) is 106 cm³/mol. The molecule has 5 nitrogen and oxygen atoms in total. The lowest BCUT2D eigenvalue weighted by Crippen LogP contribution is -2.34. The number of phenols is 1. The van der Waals surface area contributed by atoms with Crippen molar-refractivity contribution >= 4 is 10.9 Å². The highest BCUT2D eigenvalue weighted by molar-refractivity contribution is 5.80. The van der Waals surface area contributed by atoms with Gasteiger partial charge in [0.1, 0.15) is 11.5 Å². The summed E-state index contributed by atoms with van der Waals surface area (Å²) in [6.45, 7) is 2.55. The Kier molecular flexibility index (Phi) is 4.86. The van der Waals surface area contributed by atoms with Crippen molar-refractivity contribution < 1.29 is 9.84 Å². The fourth-order valence-electron chi connectivity index (χ4n) is 3.91. The highest BCUT2D eigenvalue weighted by atomic mass is 16.5. The minimum atomic E-state index is -0.0362. The molecule has 0 unspecified atom stereocenters. The monoisotopic (exact) mass is 364 g/mol. The maximum absolute atomic E-state index is 12.5. The minimum absolute atomic E-state index is 0.0362. The van der Waals surface area contributed by atoms with E-state index in [2.05, 4.69) is 16.0 Å². The third-order valence-electron chi connectivity index (χ3n) is 5.45. The average Bonchev–Trinajstić information content (AvgIpc) is 2.69. The van der Waals surface area contributed by atoms with E-state index < -0.39 is 0 Å². The number of piperidine rings is 1. The number of aromatic amines is 1. The number of rotatable bonds is 4. The maximum Gasteiger partial charge on any atom is 0.252 e. The van der Waals surface area contributed by atoms with Gasteiger partial charge in [-0.3, -0.25) is 9.69 Å². The number of pyridine rings is 1. The first-order chi connectivity index (χ1) is 13.1. The molecule has 0 aliphatic carbocycles. The van der Waals surface area contributed by atoms with Crippen molar-refractivity contribution in [3.63, 3.8) is 0 Å². The summed E-state index contributed by atoms with van der Waals surface area (Å²) in [7, 11) is 1.62. The van der Waals surface area contributed by atoms with Crippen molar-refractivity contribution in [2.75, 3.05) is 20.2 Å². The number of ether oxygens (including phenoxy) is 1. The Morgan fingerprint density at radius 2 is 1.96 bits per heavy atom. The number of H-pyrrole nitrogens is 1. The lowest BCUT2D eigenvalue weighted by Gasteiger charge is -2.32. The van der Waals surface area contributed by atoms with Crippen LogP contribution in [0.1, 0.15) is 29.9 Å². The molecule has 27 heavy (non-hydrogen) atoms. The van der Waals surface area contributed by atoms with Gasteiger partial charge in [0.25, 0.3) is 5.56 Å². The average molecular weight is 364 g/mol. The number of hydrogen-bond donors (Lipinski definition) is 2. The van der Waals surface area contributed by atoms with Crippen LogP contribution in [0.5, 0.6) is 11.5 Å². The standard InChI is InChI=1S/C22H24N2O3/c1-27-20-6-5-17-11-18(22(26)23-21(17)13-20)14-24-9-7-15(8-10-24)16-3-2-4-19(25)12-16/h2-6,11-13,15,25H,7-10,14H2,1H3,(H,23,26). The normalized spacial score (nSPS) is 15.9. The molecule has 1 fully saturated rings. The number of benzene rings is 2. The quantitative estimate of drug-likeness (QED) is 0.742. The van der Waals surface area contributed by atoms with E-state index in [0.717, 1.165) is 48.1 Å². The SMILES string of the molecule is COc1ccc2cc(CN3CCC(c4cccc(O)c4)CC3)c(=O)[nH]c2c1. The van der Waals surface area contributed by atoms with Crippen molar-refractivity contribution in [1.82, 2.24) is 9.88 Å². The van der Waals surface area contributed by atoms with Crippen LogP contribution < -0.4 is 10.3 Å². The van der Waals surface area contributed by atoms with Gasteiger partial charge in [-0.1, -0.05) is 12.1 Å². The summed E-state index contributed by atoms with van der Waals surface area (Å²) in [5.41, 5.74) is 2.76. The number of hydrogen-bond acceptors (Lipinski definition) is 4. The van der Waals surface area contributed by atoms with Gasteiger partial charge in [-0.2, -0.15) is 0 Å². The van der Waals surface area contributed by atoms with Crippen LogP contribution in [0.3, 0.4) is 0 Å². The first-order valence-electron chi connectivity index (χ1n) is 9.33. The smallest absolute Gasteiger partial charge is 0.252 e. The van der Waals surface area contributed by atoms with Crippen molar-refractivity contribution in [3.05, 3.63) is 70.0 Å². The van der Waals surface area contributed by atoms with Crippen LogP contribution >= 0.6 is 0 Å². The largest absolute Gasteiger partial charge is 0.508 e. The number of aromatic nitrogens is 1. The zero-order valence-electron chi connectivity index (χ0n) is 15.4. The van der Waals surface area contributed by atoms with Gasteiger partial charge < -0.3 is 14.8 Å². The second-order valence-electron chi connectivity index (χ2n) is 7.22. The molecule has 0 radical (unpaired) electrons. The number of phenolic OH excluding ortho intramolecular Hbond substituents is 1. The Balaban J connectivity index is 1.46. The van der Waals surface area contributed by atoms with Crippen LogP contribution in [-0.4, -0.2) is 35.2 Å². The summed E-state index contributed by atoms with van der Waals surface area (Å²) in [5.74, 6) is 1.53. The summed E-state index contributed by atoms with van der Waals surface area (Å²) < 4.78 is 5.22. The molecule has 5 heteroatoms. The lowest BCUT2D eigenvalue weighted by molar-refractivity contribution is 0.204. The van der Waals surface area contributed by atoms with E-state index in [9.17, 15) is 9.90 Å². The molecule has 2 heterocycles. The fourth-order valence-corrected chi connectivity index (χ4v) is 3.91. The van der Waals surface area contributed by atoms with Gasteiger partial charge in [0.15, 0.2) is 0 Å². The van der Waals surface area contributed by atoms with E-state index in [1.54, 1.807) is 13.2 Å². The molecular weight excluding hydrogens is 340 g/mol. The molecule has 1 saturated heterocycles. The van der Waals surface area contributed by atoms with E-state index in [1.807, 2.05) is 36.4 Å². The van der Waals surface area contributed by atoms with Gasteiger partial charge in [0.2, 0.25) is 0 Å². The Morgan fingerprint density at radius 1 is 1.15 bits per heavy atom. The predicted octanol–water partition coefficient (Wildman–Crippen LogP) is 3.62. The number of nitrogens with one attached hydrogen (secondary N) is 1. The summed E-state index contributed by atoms with van der Waals surface area (Å²) in [6, 6.07) is 15.3. The molecule has 4 rings (SSSR count). The lowest BCUT2D eigenvalue weighted by atomic mass is 9.89. The zero-order valence-corrected chi connectivity index (χ0v) is 15.4.